The highest BCUT2D eigenvalue weighted by Gasteiger charge is 2.80. The van der Waals surface area contributed by atoms with Crippen LogP contribution in [-0.2, 0) is 41.1 Å². The number of nitrogens with zero attached hydrogens (tertiary/aromatic N) is 3. The first-order chi connectivity index (χ1) is 27.3. The van der Waals surface area contributed by atoms with Crippen LogP contribution in [0.4, 0.5) is 5.69 Å². The molecule has 57 heavy (non-hydrogen) atoms. The third kappa shape index (κ3) is 4.86. The van der Waals surface area contributed by atoms with Gasteiger partial charge in [-0.3, -0.25) is 19.4 Å². The summed E-state index contributed by atoms with van der Waals surface area (Å²) in [7, 11) is 4.76. The van der Waals surface area contributed by atoms with Crippen molar-refractivity contribution in [3.05, 3.63) is 82.6 Å². The van der Waals surface area contributed by atoms with Crippen LogP contribution < -0.4 is 15.4 Å². The van der Waals surface area contributed by atoms with Crippen LogP contribution in [0.5, 0.6) is 5.75 Å². The van der Waals surface area contributed by atoms with E-state index in [1.165, 1.54) is 19.6 Å². The van der Waals surface area contributed by atoms with E-state index in [0.29, 0.717) is 43.7 Å². The topological polar surface area (TPSA) is 151 Å². The number of aliphatic hydroxyl groups is 1. The van der Waals surface area contributed by atoms with Crippen molar-refractivity contribution in [2.75, 3.05) is 58.9 Å². The van der Waals surface area contributed by atoms with Gasteiger partial charge in [0.1, 0.15) is 11.2 Å². The van der Waals surface area contributed by atoms with E-state index in [-0.39, 0.29) is 12.0 Å². The maximum Gasteiger partial charge on any atom is 0.344 e. The average molecular weight is 778 g/mol. The van der Waals surface area contributed by atoms with Crippen molar-refractivity contribution in [2.24, 2.45) is 17.1 Å². The Kier molecular flexibility index (Phi) is 8.77. The van der Waals surface area contributed by atoms with E-state index in [9.17, 15) is 19.5 Å². The molecule has 1 saturated heterocycles. The van der Waals surface area contributed by atoms with Gasteiger partial charge in [0.15, 0.2) is 6.10 Å². The number of ether oxygens (including phenoxy) is 3. The number of nitrogens with one attached hydrogen (secondary N) is 1. The molecular formula is C45H55N5O7. The third-order valence-electron chi connectivity index (χ3n) is 14.9. The monoisotopic (exact) mass is 777 g/mol. The molecule has 4 N–H and O–H groups in total. The minimum atomic E-state index is -2.28. The summed E-state index contributed by atoms with van der Waals surface area (Å²) in [5.74, 6) is -1.41. The van der Waals surface area contributed by atoms with Crippen LogP contribution in [-0.4, -0.2) is 116 Å². The second-order valence-electron chi connectivity index (χ2n) is 17.4. The van der Waals surface area contributed by atoms with Gasteiger partial charge in [0, 0.05) is 90.9 Å². The highest BCUT2D eigenvalue weighted by molar-refractivity contribution is 5.96. The van der Waals surface area contributed by atoms with Crippen LogP contribution in [0.25, 0.3) is 10.9 Å². The molecule has 1 spiro atoms. The number of carbonyl (C=O) groups excluding carboxylic acids is 3. The summed E-state index contributed by atoms with van der Waals surface area (Å²) in [6, 6.07) is 11.1. The van der Waals surface area contributed by atoms with Crippen LogP contribution in [0.1, 0.15) is 68.8 Å². The van der Waals surface area contributed by atoms with Crippen molar-refractivity contribution in [3.8, 4) is 5.75 Å². The molecule has 1 amide bonds. The molecule has 12 heteroatoms. The van der Waals surface area contributed by atoms with Gasteiger partial charge in [0.05, 0.1) is 20.3 Å². The minimum Gasteiger partial charge on any atom is -0.496 e. The van der Waals surface area contributed by atoms with E-state index in [1.807, 2.05) is 37.1 Å². The zero-order chi connectivity index (χ0) is 40.2. The molecule has 3 aromatic rings. The van der Waals surface area contributed by atoms with E-state index in [0.717, 1.165) is 65.9 Å². The lowest BCUT2D eigenvalue weighted by atomic mass is 9.47. The maximum atomic E-state index is 14.9. The van der Waals surface area contributed by atoms with Gasteiger partial charge in [-0.05, 0) is 67.8 Å². The Hall–Kier alpha value is -4.65. The highest BCUT2D eigenvalue weighted by Crippen LogP contribution is 2.68. The minimum absolute atomic E-state index is 0.0203. The predicted molar refractivity (Wildman–Crippen MR) is 216 cm³/mol. The Morgan fingerprint density at radius 3 is 2.56 bits per heavy atom. The molecule has 2 unspecified atom stereocenters. The molecule has 9 rings (SSSR count). The number of esters is 2. The van der Waals surface area contributed by atoms with Gasteiger partial charge in [-0.1, -0.05) is 55.8 Å². The molecule has 2 fully saturated rings. The number of carbonyl (C=O) groups is 3. The SMILES string of the molecule is CCC1=C[C@@H]2CN(CCc3c([nH]c4ccccc34)[C@@](C(N)=O)(c3cc4c(cc3OC)N(C)C3[C@]45CCN4CC=C[C@@](CC)([C@@H](OC(C)=O)[C@]3(O)C(=O)OC)[C@H]45)C2)C1. The number of likely N-dealkylation sites (N-methyl/N-ethyl adjacent to an activating group) is 1. The molecule has 1 saturated carbocycles. The van der Waals surface area contributed by atoms with Crippen LogP contribution in [0.2, 0.25) is 0 Å². The van der Waals surface area contributed by atoms with Crippen LogP contribution in [0, 0.1) is 11.3 Å². The Bertz CT molecular complexity index is 2250. The number of anilines is 1. The number of aromatic amines is 1. The first-order valence-corrected chi connectivity index (χ1v) is 20.5. The molecule has 6 heterocycles. The Morgan fingerprint density at radius 2 is 1.86 bits per heavy atom. The predicted octanol–water partition coefficient (Wildman–Crippen LogP) is 4.11. The number of fused-ring (bicyclic) bond motifs is 6. The number of hydrogen-bond acceptors (Lipinski definition) is 10. The van der Waals surface area contributed by atoms with E-state index in [4.69, 9.17) is 19.9 Å². The molecule has 2 bridgehead atoms. The Labute approximate surface area is 334 Å². The number of rotatable bonds is 7. The van der Waals surface area contributed by atoms with Crippen LogP contribution >= 0.6 is 0 Å². The van der Waals surface area contributed by atoms with Crippen LogP contribution in [0.15, 0.2) is 60.2 Å². The second-order valence-corrected chi connectivity index (χ2v) is 17.4. The van der Waals surface area contributed by atoms with Crippen molar-refractivity contribution < 1.29 is 33.7 Å². The van der Waals surface area contributed by atoms with E-state index in [2.05, 4.69) is 58.1 Å². The van der Waals surface area contributed by atoms with Crippen LogP contribution in [0.3, 0.4) is 0 Å². The highest BCUT2D eigenvalue weighted by atomic mass is 16.6. The fourth-order valence-corrected chi connectivity index (χ4v) is 12.9. The zero-order valence-electron chi connectivity index (χ0n) is 33.9. The van der Waals surface area contributed by atoms with Gasteiger partial charge in [0.25, 0.3) is 0 Å². The Balaban J connectivity index is 1.36. The summed E-state index contributed by atoms with van der Waals surface area (Å²) < 4.78 is 17.9. The second kappa shape index (κ2) is 13.2. The molecule has 9 atom stereocenters. The largest absolute Gasteiger partial charge is 0.496 e. The van der Waals surface area contributed by atoms with E-state index >= 15 is 0 Å². The van der Waals surface area contributed by atoms with Gasteiger partial charge >= 0.3 is 11.9 Å². The van der Waals surface area contributed by atoms with Gasteiger partial charge in [-0.2, -0.15) is 0 Å². The standard InChI is InChI=1S/C45H55N5O7/c1-7-27-20-28-23-44(40(46)52,36-30(14-18-49(24-27)25-28)29-12-9-10-13-33(29)47-36)32-21-31-34(22-35(32)55-5)48(4)38-43(31)16-19-50-17-11-15-42(8-2,37(43)50)39(57-26(3)51)45(38,54)41(53)56-6/h9-13,15,20-22,28,37-39,47,54H,7-8,14,16-19,23-25H2,1-6H3,(H2,46,52)/t28-,37-,38?,39+,42+,43+,44-,45-/m0/s1. The molecular weight excluding hydrogens is 723 g/mol. The quantitative estimate of drug-likeness (QED) is 0.236. The number of primary amides is 1. The van der Waals surface area contributed by atoms with Gasteiger partial charge in [-0.25, -0.2) is 4.79 Å². The number of nitrogens with two attached hydrogens (primary N) is 1. The summed E-state index contributed by atoms with van der Waals surface area (Å²) in [6.07, 6.45) is 8.39. The van der Waals surface area contributed by atoms with Crippen molar-refractivity contribution >= 4 is 34.4 Å². The molecule has 6 aliphatic rings. The first kappa shape index (κ1) is 37.9. The molecule has 2 aromatic carbocycles. The summed E-state index contributed by atoms with van der Waals surface area (Å²) >= 11 is 0. The number of para-hydroxylation sites is 1. The van der Waals surface area contributed by atoms with E-state index < -0.39 is 51.8 Å². The third-order valence-corrected chi connectivity index (χ3v) is 14.9. The van der Waals surface area contributed by atoms with Crippen molar-refractivity contribution in [3.63, 3.8) is 0 Å². The van der Waals surface area contributed by atoms with Gasteiger partial charge in [0.2, 0.25) is 11.5 Å². The number of hydrogen-bond donors (Lipinski definition) is 3. The summed E-state index contributed by atoms with van der Waals surface area (Å²) in [6.45, 7) is 9.41. The summed E-state index contributed by atoms with van der Waals surface area (Å²) in [5, 5.41) is 14.4. The number of benzene rings is 2. The lowest BCUT2D eigenvalue weighted by Crippen LogP contribution is -2.81. The molecule has 302 valence electrons. The van der Waals surface area contributed by atoms with Gasteiger partial charge in [-0.15, -0.1) is 0 Å². The fraction of sp³-hybridized carbons (Fsp3) is 0.533. The van der Waals surface area contributed by atoms with Crippen molar-refractivity contribution in [2.45, 2.75) is 87.5 Å². The summed E-state index contributed by atoms with van der Waals surface area (Å²) in [5.41, 5.74) is 7.90. The smallest absolute Gasteiger partial charge is 0.344 e. The number of aromatic nitrogens is 1. The number of methoxy groups -OCH3 is 2. The lowest BCUT2D eigenvalue weighted by Gasteiger charge is -2.63. The average Bonchev–Trinajstić information content (AvgIpc) is 3.87. The normalized spacial score (nSPS) is 35.2. The first-order valence-electron chi connectivity index (χ1n) is 20.5. The number of amides is 1. The lowest BCUT2D eigenvalue weighted by molar-refractivity contribution is -0.228. The maximum absolute atomic E-state index is 14.9. The number of H-pyrrole nitrogens is 1. The fourth-order valence-electron chi connectivity index (χ4n) is 12.9. The van der Waals surface area contributed by atoms with Crippen molar-refractivity contribution in [1.29, 1.82) is 0 Å². The zero-order valence-corrected chi connectivity index (χ0v) is 33.9. The van der Waals surface area contributed by atoms with Gasteiger partial charge < -0.3 is 34.9 Å². The summed E-state index contributed by atoms with van der Waals surface area (Å²) in [4.78, 5) is 52.9. The molecule has 12 nitrogen and oxygen atoms in total. The molecule has 5 aliphatic heterocycles. The molecule has 1 aliphatic carbocycles. The molecule has 1 aromatic heterocycles. The van der Waals surface area contributed by atoms with E-state index in [1.54, 1.807) is 7.11 Å². The molecule has 0 radical (unpaired) electrons. The van der Waals surface area contributed by atoms with Crippen molar-refractivity contribution in [1.82, 2.24) is 14.8 Å². The Morgan fingerprint density at radius 1 is 1.07 bits per heavy atom.